The fourth-order valence-electron chi connectivity index (χ4n) is 3.03. The number of hydrogen-bond acceptors (Lipinski definition) is 3. The van der Waals surface area contributed by atoms with Crippen molar-refractivity contribution in [1.82, 2.24) is 5.32 Å². The minimum absolute atomic E-state index is 0.0354. The van der Waals surface area contributed by atoms with Gasteiger partial charge in [0.2, 0.25) is 0 Å². The van der Waals surface area contributed by atoms with Gasteiger partial charge in [0, 0.05) is 10.0 Å². The first kappa shape index (κ1) is 24.7. The lowest BCUT2D eigenvalue weighted by Crippen LogP contribution is -2.45. The fourth-order valence-corrected chi connectivity index (χ4v) is 3.43. The van der Waals surface area contributed by atoms with Crippen LogP contribution in [0.3, 0.4) is 0 Å². The molecule has 0 aromatic heterocycles. The van der Waals surface area contributed by atoms with Crippen LogP contribution in [0.25, 0.3) is 0 Å². The second kappa shape index (κ2) is 14.6. The van der Waals surface area contributed by atoms with Crippen LogP contribution >= 0.6 is 15.9 Å². The van der Waals surface area contributed by atoms with E-state index in [1.54, 1.807) is 18.2 Å². The molecule has 0 fully saturated rings. The second-order valence-electron chi connectivity index (χ2n) is 7.70. The van der Waals surface area contributed by atoms with Gasteiger partial charge in [-0.25, -0.2) is 4.79 Å². The van der Waals surface area contributed by atoms with E-state index in [0.29, 0.717) is 12.2 Å². The van der Waals surface area contributed by atoms with Gasteiger partial charge in [-0.05, 0) is 30.5 Å². The van der Waals surface area contributed by atoms with Crippen LogP contribution in [0.2, 0.25) is 0 Å². The number of hydrogen-bond donors (Lipinski definition) is 1. The molecular formula is C23H36BrNO3. The molecule has 1 atom stereocenters. The number of unbranched alkanes of at least 4 members (excludes halogenated alkanes) is 8. The summed E-state index contributed by atoms with van der Waals surface area (Å²) in [7, 11) is 0. The summed E-state index contributed by atoms with van der Waals surface area (Å²) in [5.41, 5.74) is 0.520. The summed E-state index contributed by atoms with van der Waals surface area (Å²) in [5.74, 6) is -0.648. The number of nitrogens with one attached hydrogen (secondary N) is 1. The first-order valence-corrected chi connectivity index (χ1v) is 11.5. The van der Waals surface area contributed by atoms with E-state index in [2.05, 4.69) is 28.2 Å². The van der Waals surface area contributed by atoms with Crippen molar-refractivity contribution in [1.29, 1.82) is 0 Å². The number of halogens is 1. The summed E-state index contributed by atoms with van der Waals surface area (Å²) in [4.78, 5) is 24.8. The molecule has 158 valence electrons. The molecule has 0 aliphatic rings. The molecule has 1 aromatic carbocycles. The predicted molar refractivity (Wildman–Crippen MR) is 118 cm³/mol. The van der Waals surface area contributed by atoms with Gasteiger partial charge in [0.05, 0.1) is 6.61 Å². The van der Waals surface area contributed by atoms with E-state index in [9.17, 15) is 9.59 Å². The number of amides is 1. The summed E-state index contributed by atoms with van der Waals surface area (Å²) in [6.45, 7) is 6.47. The molecule has 1 rings (SSSR count). The molecule has 1 aromatic rings. The molecule has 0 saturated carbocycles. The minimum atomic E-state index is -0.634. The van der Waals surface area contributed by atoms with E-state index in [1.165, 1.54) is 44.9 Å². The van der Waals surface area contributed by atoms with Crippen LogP contribution in [0.5, 0.6) is 0 Å². The Morgan fingerprint density at radius 1 is 1.00 bits per heavy atom. The van der Waals surface area contributed by atoms with Crippen molar-refractivity contribution in [2.24, 2.45) is 5.92 Å². The zero-order chi connectivity index (χ0) is 20.8. The van der Waals surface area contributed by atoms with Crippen LogP contribution in [0.15, 0.2) is 28.7 Å². The lowest BCUT2D eigenvalue weighted by Gasteiger charge is -2.21. The number of benzene rings is 1. The first-order chi connectivity index (χ1) is 13.5. The topological polar surface area (TPSA) is 55.4 Å². The number of ether oxygens (including phenoxy) is 1. The Labute approximate surface area is 178 Å². The quantitative estimate of drug-likeness (QED) is 0.266. The van der Waals surface area contributed by atoms with Crippen molar-refractivity contribution in [2.45, 2.75) is 84.6 Å². The molecular weight excluding hydrogens is 418 g/mol. The highest BCUT2D eigenvalue weighted by Gasteiger charge is 2.26. The standard InChI is InChI=1S/C23H36BrNO3/c1-4-5-6-7-8-9-10-11-12-16-28-23(27)21(18(2)3)25-22(26)19-14-13-15-20(24)17-19/h13-15,17-18,21H,4-12,16H2,1-3H3,(H,25,26). The Balaban J connectivity index is 2.28. The molecule has 0 aliphatic heterocycles. The van der Waals surface area contributed by atoms with Crippen molar-refractivity contribution < 1.29 is 14.3 Å². The molecule has 0 bridgehead atoms. The normalized spacial score (nSPS) is 12.0. The maximum atomic E-state index is 12.4. The molecule has 4 nitrogen and oxygen atoms in total. The van der Waals surface area contributed by atoms with Gasteiger partial charge in [0.1, 0.15) is 6.04 Å². The van der Waals surface area contributed by atoms with Crippen molar-refractivity contribution in [3.8, 4) is 0 Å². The number of rotatable bonds is 14. The molecule has 0 heterocycles. The fraction of sp³-hybridized carbons (Fsp3) is 0.652. The predicted octanol–water partition coefficient (Wildman–Crippen LogP) is 6.28. The highest BCUT2D eigenvalue weighted by molar-refractivity contribution is 9.10. The minimum Gasteiger partial charge on any atom is -0.464 e. The Morgan fingerprint density at radius 2 is 1.61 bits per heavy atom. The van der Waals surface area contributed by atoms with Crippen molar-refractivity contribution in [3.05, 3.63) is 34.3 Å². The number of esters is 1. The van der Waals surface area contributed by atoms with E-state index in [-0.39, 0.29) is 17.8 Å². The van der Waals surface area contributed by atoms with E-state index >= 15 is 0 Å². The molecule has 28 heavy (non-hydrogen) atoms. The lowest BCUT2D eigenvalue weighted by atomic mass is 10.0. The first-order valence-electron chi connectivity index (χ1n) is 10.7. The monoisotopic (exact) mass is 453 g/mol. The second-order valence-corrected chi connectivity index (χ2v) is 8.62. The highest BCUT2D eigenvalue weighted by atomic mass is 79.9. The molecule has 1 unspecified atom stereocenters. The van der Waals surface area contributed by atoms with E-state index < -0.39 is 6.04 Å². The summed E-state index contributed by atoms with van der Waals surface area (Å²) in [6.07, 6.45) is 11.0. The zero-order valence-electron chi connectivity index (χ0n) is 17.6. The van der Waals surface area contributed by atoms with Crippen LogP contribution in [-0.4, -0.2) is 24.5 Å². The Hall–Kier alpha value is -1.36. The van der Waals surface area contributed by atoms with Crippen molar-refractivity contribution in [3.63, 3.8) is 0 Å². The third kappa shape index (κ3) is 10.3. The van der Waals surface area contributed by atoms with Gasteiger partial charge in [-0.2, -0.15) is 0 Å². The van der Waals surface area contributed by atoms with Gasteiger partial charge in [-0.1, -0.05) is 94.1 Å². The van der Waals surface area contributed by atoms with Gasteiger partial charge < -0.3 is 10.1 Å². The van der Waals surface area contributed by atoms with Crippen LogP contribution < -0.4 is 5.32 Å². The third-order valence-electron chi connectivity index (χ3n) is 4.79. The molecule has 0 aliphatic carbocycles. The van der Waals surface area contributed by atoms with Crippen molar-refractivity contribution in [2.75, 3.05) is 6.61 Å². The van der Waals surface area contributed by atoms with E-state index in [4.69, 9.17) is 4.74 Å². The number of carbonyl (C=O) groups is 2. The van der Waals surface area contributed by atoms with Crippen LogP contribution in [0.4, 0.5) is 0 Å². The summed E-state index contributed by atoms with van der Waals surface area (Å²) >= 11 is 3.36. The van der Waals surface area contributed by atoms with Gasteiger partial charge in [0.15, 0.2) is 0 Å². The van der Waals surface area contributed by atoms with Gasteiger partial charge in [0.25, 0.3) is 5.91 Å². The van der Waals surface area contributed by atoms with Gasteiger partial charge >= 0.3 is 5.97 Å². The van der Waals surface area contributed by atoms with Crippen molar-refractivity contribution >= 4 is 27.8 Å². The van der Waals surface area contributed by atoms with Crippen LogP contribution in [0, 0.1) is 5.92 Å². The highest BCUT2D eigenvalue weighted by Crippen LogP contribution is 2.13. The zero-order valence-corrected chi connectivity index (χ0v) is 19.2. The largest absolute Gasteiger partial charge is 0.464 e. The summed E-state index contributed by atoms with van der Waals surface area (Å²) in [5, 5.41) is 2.81. The molecule has 1 amide bonds. The van der Waals surface area contributed by atoms with Crippen LogP contribution in [0.1, 0.15) is 88.9 Å². The lowest BCUT2D eigenvalue weighted by molar-refractivity contribution is -0.147. The Kier molecular flexibility index (Phi) is 12.9. The SMILES string of the molecule is CCCCCCCCCCCOC(=O)C(NC(=O)c1cccc(Br)c1)C(C)C. The Bertz CT molecular complexity index is 589. The Morgan fingerprint density at radius 3 is 2.18 bits per heavy atom. The van der Waals surface area contributed by atoms with Gasteiger partial charge in [-0.3, -0.25) is 4.79 Å². The smallest absolute Gasteiger partial charge is 0.328 e. The number of carbonyl (C=O) groups excluding carboxylic acids is 2. The average molecular weight is 454 g/mol. The molecule has 1 N–H and O–H groups in total. The average Bonchev–Trinajstić information content (AvgIpc) is 2.66. The molecule has 0 saturated heterocycles. The molecule has 0 radical (unpaired) electrons. The van der Waals surface area contributed by atoms with E-state index in [1.807, 2.05) is 19.9 Å². The van der Waals surface area contributed by atoms with E-state index in [0.717, 1.165) is 17.3 Å². The maximum absolute atomic E-state index is 12.4. The third-order valence-corrected chi connectivity index (χ3v) is 5.28. The van der Waals surface area contributed by atoms with Crippen LogP contribution in [-0.2, 0) is 9.53 Å². The van der Waals surface area contributed by atoms with Gasteiger partial charge in [-0.15, -0.1) is 0 Å². The maximum Gasteiger partial charge on any atom is 0.328 e. The molecule has 5 heteroatoms. The summed E-state index contributed by atoms with van der Waals surface area (Å²) in [6, 6.07) is 6.48. The summed E-state index contributed by atoms with van der Waals surface area (Å²) < 4.78 is 6.25. The molecule has 0 spiro atoms.